The van der Waals surface area contributed by atoms with Gasteiger partial charge in [-0.3, -0.25) is 0 Å². The normalized spacial score (nSPS) is 10.4. The molecule has 100 valence electrons. The van der Waals surface area contributed by atoms with Crippen molar-refractivity contribution >= 4 is 33.8 Å². The summed E-state index contributed by atoms with van der Waals surface area (Å²) < 4.78 is 2.00. The highest BCUT2D eigenvalue weighted by Crippen LogP contribution is 2.41. The number of nitrogens with zero attached hydrogens (tertiary/aromatic N) is 3. The zero-order valence-electron chi connectivity index (χ0n) is 10.8. The van der Waals surface area contributed by atoms with Gasteiger partial charge in [-0.2, -0.15) is 5.26 Å². The average molecular weight is 293 g/mol. The van der Waals surface area contributed by atoms with Crippen LogP contribution >= 0.6 is 23.1 Å². The number of thioether (sulfide) groups is 1. The molecule has 0 bridgehead atoms. The van der Waals surface area contributed by atoms with E-state index >= 15 is 0 Å². The van der Waals surface area contributed by atoms with Crippen LogP contribution in [0.25, 0.3) is 0 Å². The Bertz CT molecular complexity index is 608. The predicted molar refractivity (Wildman–Crippen MR) is 80.6 cm³/mol. The fraction of sp³-hybridized carbons (Fsp3) is 0.333. The Balaban J connectivity index is 2.04. The Hall–Kier alpha value is -1.65. The van der Waals surface area contributed by atoms with E-state index in [1.807, 2.05) is 24.1 Å². The van der Waals surface area contributed by atoms with Crippen molar-refractivity contribution in [2.75, 3.05) is 23.9 Å². The van der Waals surface area contributed by atoms with Crippen molar-refractivity contribution in [1.29, 1.82) is 5.26 Å². The van der Waals surface area contributed by atoms with Crippen LogP contribution in [0.2, 0.25) is 0 Å². The Morgan fingerprint density at radius 1 is 1.63 bits per heavy atom. The number of hydrogen-bond acceptors (Lipinski definition) is 6. The van der Waals surface area contributed by atoms with Gasteiger partial charge in [0.25, 0.3) is 0 Å². The number of thiophene rings is 1. The molecule has 0 spiro atoms. The first-order valence-electron chi connectivity index (χ1n) is 5.73. The smallest absolute Gasteiger partial charge is 0.131 e. The molecule has 0 amide bonds. The maximum absolute atomic E-state index is 8.99. The molecule has 0 unspecified atom stereocenters. The molecular weight excluding hydrogens is 278 g/mol. The van der Waals surface area contributed by atoms with Crippen LogP contribution in [0.3, 0.4) is 0 Å². The van der Waals surface area contributed by atoms with Crippen LogP contribution in [0.4, 0.5) is 10.7 Å². The highest BCUT2D eigenvalue weighted by Gasteiger charge is 2.14. The van der Waals surface area contributed by atoms with Gasteiger partial charge in [-0.05, 0) is 6.26 Å². The molecule has 7 heteroatoms. The Morgan fingerprint density at radius 2 is 2.42 bits per heavy atom. The van der Waals surface area contributed by atoms with Gasteiger partial charge < -0.3 is 15.6 Å². The van der Waals surface area contributed by atoms with Crippen LogP contribution in [-0.4, -0.2) is 22.4 Å². The number of aromatic nitrogens is 2. The Morgan fingerprint density at radius 3 is 3.00 bits per heavy atom. The van der Waals surface area contributed by atoms with Crippen LogP contribution < -0.4 is 11.1 Å². The van der Waals surface area contributed by atoms with E-state index in [4.69, 9.17) is 11.0 Å². The van der Waals surface area contributed by atoms with Gasteiger partial charge in [0.05, 0.1) is 10.6 Å². The topological polar surface area (TPSA) is 79.7 Å². The lowest BCUT2D eigenvalue weighted by Crippen LogP contribution is -2.08. The van der Waals surface area contributed by atoms with Crippen LogP contribution in [0, 0.1) is 11.3 Å². The summed E-state index contributed by atoms with van der Waals surface area (Å²) in [6, 6.07) is 2.13. The molecule has 0 aliphatic carbocycles. The summed E-state index contributed by atoms with van der Waals surface area (Å²) in [5.74, 6) is 1.03. The van der Waals surface area contributed by atoms with Crippen molar-refractivity contribution < 1.29 is 0 Å². The molecule has 0 atom stereocenters. The predicted octanol–water partition coefficient (Wildman–Crippen LogP) is 2.31. The molecule has 5 nitrogen and oxygen atoms in total. The minimum absolute atomic E-state index is 0.573. The Labute approximate surface area is 120 Å². The van der Waals surface area contributed by atoms with E-state index in [0.29, 0.717) is 10.6 Å². The van der Waals surface area contributed by atoms with Gasteiger partial charge in [0.2, 0.25) is 0 Å². The van der Waals surface area contributed by atoms with E-state index in [9.17, 15) is 0 Å². The van der Waals surface area contributed by atoms with Crippen LogP contribution in [0.15, 0.2) is 17.3 Å². The highest BCUT2D eigenvalue weighted by molar-refractivity contribution is 7.99. The Kier molecular flexibility index (Phi) is 4.35. The molecule has 0 saturated heterocycles. The van der Waals surface area contributed by atoms with Gasteiger partial charge in [0.15, 0.2) is 0 Å². The first-order valence-corrected chi connectivity index (χ1v) is 7.78. The summed E-state index contributed by atoms with van der Waals surface area (Å²) in [7, 11) is 1.98. The average Bonchev–Trinajstić information content (AvgIpc) is 2.94. The number of hydrogen-bond donors (Lipinski definition) is 2. The van der Waals surface area contributed by atoms with Gasteiger partial charge in [-0.15, -0.1) is 23.1 Å². The second kappa shape index (κ2) is 5.99. The maximum Gasteiger partial charge on any atom is 0.131 e. The van der Waals surface area contributed by atoms with E-state index in [-0.39, 0.29) is 0 Å². The van der Waals surface area contributed by atoms with Gasteiger partial charge >= 0.3 is 0 Å². The molecule has 0 saturated carbocycles. The second-order valence-electron chi connectivity index (χ2n) is 3.95. The van der Waals surface area contributed by atoms with E-state index in [2.05, 4.69) is 16.4 Å². The van der Waals surface area contributed by atoms with Crippen molar-refractivity contribution in [3.63, 3.8) is 0 Å². The van der Waals surface area contributed by atoms with Crippen LogP contribution in [-0.2, 0) is 13.5 Å². The summed E-state index contributed by atoms with van der Waals surface area (Å²) in [4.78, 5) is 5.81. The molecule has 3 N–H and O–H groups in total. The lowest BCUT2D eigenvalue weighted by atomic mass is 10.4. The molecule has 2 aromatic rings. The standard InChI is InChI=1S/C12H15N5S2/c1-17-6-5-15-9(17)3-4-16-12-11(18-2)10(14)8(7-13)19-12/h5-6,16H,3-4,14H2,1-2H3. The monoisotopic (exact) mass is 293 g/mol. The summed E-state index contributed by atoms with van der Waals surface area (Å²) in [6.45, 7) is 0.767. The zero-order valence-corrected chi connectivity index (χ0v) is 12.4. The fourth-order valence-electron chi connectivity index (χ4n) is 1.76. The zero-order chi connectivity index (χ0) is 13.8. The van der Waals surface area contributed by atoms with Crippen LogP contribution in [0.1, 0.15) is 10.7 Å². The number of anilines is 2. The third-order valence-corrected chi connectivity index (χ3v) is 4.79. The van der Waals surface area contributed by atoms with Gasteiger partial charge in [0.1, 0.15) is 21.8 Å². The number of nitrogen functional groups attached to an aromatic ring is 1. The highest BCUT2D eigenvalue weighted by atomic mass is 32.2. The third-order valence-electron chi connectivity index (χ3n) is 2.76. The molecule has 0 aliphatic heterocycles. The summed E-state index contributed by atoms with van der Waals surface area (Å²) in [6.07, 6.45) is 6.51. The number of rotatable bonds is 5. The third kappa shape index (κ3) is 2.85. The molecule has 2 rings (SSSR count). The van der Waals surface area contributed by atoms with E-state index < -0.39 is 0 Å². The molecule has 19 heavy (non-hydrogen) atoms. The van der Waals surface area contributed by atoms with Crippen molar-refractivity contribution in [3.05, 3.63) is 23.1 Å². The number of nitrogens with two attached hydrogens (primary N) is 1. The number of nitriles is 1. The molecule has 0 fully saturated rings. The van der Waals surface area contributed by atoms with Gasteiger partial charge in [0, 0.05) is 32.4 Å². The quantitative estimate of drug-likeness (QED) is 0.827. The first-order chi connectivity index (χ1) is 9.17. The van der Waals surface area contributed by atoms with E-state index in [0.717, 1.165) is 28.7 Å². The molecule has 0 aliphatic rings. The van der Waals surface area contributed by atoms with E-state index in [1.165, 1.54) is 11.3 Å². The summed E-state index contributed by atoms with van der Waals surface area (Å²) in [5.41, 5.74) is 6.51. The van der Waals surface area contributed by atoms with Crippen molar-refractivity contribution in [3.8, 4) is 6.07 Å². The maximum atomic E-state index is 8.99. The SMILES string of the molecule is CSc1c(NCCc2nccn2C)sc(C#N)c1N. The second-order valence-corrected chi connectivity index (χ2v) is 5.79. The van der Waals surface area contributed by atoms with Gasteiger partial charge in [-0.25, -0.2) is 4.98 Å². The van der Waals surface area contributed by atoms with Gasteiger partial charge in [-0.1, -0.05) is 0 Å². The van der Waals surface area contributed by atoms with Crippen LogP contribution in [0.5, 0.6) is 0 Å². The number of imidazole rings is 1. The largest absolute Gasteiger partial charge is 0.396 e. The van der Waals surface area contributed by atoms with Crippen molar-refractivity contribution in [1.82, 2.24) is 9.55 Å². The first kappa shape index (κ1) is 13.8. The van der Waals surface area contributed by atoms with E-state index in [1.54, 1.807) is 18.0 Å². The van der Waals surface area contributed by atoms with Crippen molar-refractivity contribution in [2.24, 2.45) is 7.05 Å². The van der Waals surface area contributed by atoms with Crippen molar-refractivity contribution in [2.45, 2.75) is 11.3 Å². The minimum atomic E-state index is 0.573. The molecular formula is C12H15N5S2. The fourth-order valence-corrected chi connectivity index (χ4v) is 3.61. The number of aryl methyl sites for hydroxylation is 1. The summed E-state index contributed by atoms with van der Waals surface area (Å²) in [5, 5.41) is 13.3. The lowest BCUT2D eigenvalue weighted by molar-refractivity contribution is 0.790. The lowest BCUT2D eigenvalue weighted by Gasteiger charge is -2.06. The molecule has 0 radical (unpaired) electrons. The number of nitrogens with one attached hydrogen (secondary N) is 1. The molecule has 0 aromatic carbocycles. The molecule has 2 aromatic heterocycles. The molecule has 2 heterocycles. The summed E-state index contributed by atoms with van der Waals surface area (Å²) >= 11 is 2.97. The minimum Gasteiger partial charge on any atom is -0.396 e.